The van der Waals surface area contributed by atoms with E-state index < -0.39 is 11.8 Å². The van der Waals surface area contributed by atoms with E-state index in [2.05, 4.69) is 18.4 Å². The Hall–Kier alpha value is -1.44. The van der Waals surface area contributed by atoms with Crippen molar-refractivity contribution in [2.24, 2.45) is 39.9 Å². The van der Waals surface area contributed by atoms with E-state index >= 15 is 0 Å². The number of aliphatic hydroxyl groups is 1. The highest BCUT2D eigenvalue weighted by molar-refractivity contribution is 5.68. The third-order valence-corrected chi connectivity index (χ3v) is 11.1. The molecule has 0 aromatic carbocycles. The topological polar surface area (TPSA) is 85.3 Å². The summed E-state index contributed by atoms with van der Waals surface area (Å²) in [6.45, 7) is 10.5. The molecule has 4 unspecified atom stereocenters. The molecule has 13 atom stereocenters. The number of fused-ring (bicyclic) bond motifs is 1. The average molecular weight is 444 g/mol. The van der Waals surface area contributed by atoms with Crippen LogP contribution in [0.5, 0.6) is 0 Å². The molecule has 3 aliphatic heterocycles. The number of nitrogens with zero attached hydrogens (tertiary/aromatic N) is 1. The van der Waals surface area contributed by atoms with Gasteiger partial charge >= 0.3 is 11.9 Å². The van der Waals surface area contributed by atoms with Gasteiger partial charge in [0.05, 0.1) is 6.10 Å². The molecule has 6 aliphatic carbocycles. The molecule has 1 N–H and O–H groups in total. The maximum absolute atomic E-state index is 12.5. The molecule has 3 heterocycles. The van der Waals surface area contributed by atoms with Gasteiger partial charge in [0, 0.05) is 62.1 Å². The van der Waals surface area contributed by atoms with Crippen LogP contribution in [0, 0.1) is 39.9 Å². The van der Waals surface area contributed by atoms with E-state index in [1.807, 2.05) is 0 Å². The fraction of sp³-hybridized carbons (Fsp3) is 0.840. The number of hydrogen-bond donors (Lipinski definition) is 1. The van der Waals surface area contributed by atoms with Crippen molar-refractivity contribution in [2.75, 3.05) is 13.7 Å². The predicted molar refractivity (Wildman–Crippen MR) is 112 cm³/mol. The Bertz CT molecular complexity index is 981. The summed E-state index contributed by atoms with van der Waals surface area (Å²) in [7, 11) is 1.76. The molecule has 32 heavy (non-hydrogen) atoms. The molecule has 0 aromatic heterocycles. The van der Waals surface area contributed by atoms with Gasteiger partial charge in [-0.25, -0.2) is 0 Å². The minimum Gasteiger partial charge on any atom is -0.462 e. The first-order valence-electron chi connectivity index (χ1n) is 12.1. The predicted octanol–water partition coefficient (Wildman–Crippen LogP) is 1.88. The van der Waals surface area contributed by atoms with E-state index in [0.29, 0.717) is 5.92 Å². The van der Waals surface area contributed by atoms with Gasteiger partial charge < -0.3 is 19.3 Å². The summed E-state index contributed by atoms with van der Waals surface area (Å²) >= 11 is 0. The van der Waals surface area contributed by atoms with Gasteiger partial charge in [-0.1, -0.05) is 19.1 Å². The van der Waals surface area contributed by atoms with Crippen molar-refractivity contribution in [1.82, 2.24) is 4.90 Å². The van der Waals surface area contributed by atoms with Crippen LogP contribution in [0.3, 0.4) is 0 Å². The number of carbonyl (C=O) groups excluding carboxylic acids is 2. The summed E-state index contributed by atoms with van der Waals surface area (Å²) in [5, 5.41) is 11.1. The lowest BCUT2D eigenvalue weighted by Crippen LogP contribution is -2.76. The van der Waals surface area contributed by atoms with Crippen molar-refractivity contribution in [3.8, 4) is 0 Å². The summed E-state index contributed by atoms with van der Waals surface area (Å²) in [5.74, 6) is 0.110. The highest BCUT2D eigenvalue weighted by Gasteiger charge is 2.96. The summed E-state index contributed by atoms with van der Waals surface area (Å²) in [6, 6.07) is 0.162. The van der Waals surface area contributed by atoms with Gasteiger partial charge in [0.1, 0.15) is 6.10 Å². The molecule has 7 nitrogen and oxygen atoms in total. The molecule has 9 aliphatic rings. The molecule has 9 bridgehead atoms. The zero-order valence-electron chi connectivity index (χ0n) is 19.3. The van der Waals surface area contributed by atoms with Crippen LogP contribution in [0.4, 0.5) is 0 Å². The molecule has 174 valence electrons. The van der Waals surface area contributed by atoms with E-state index in [-0.39, 0.29) is 64.2 Å². The molecule has 6 saturated carbocycles. The van der Waals surface area contributed by atoms with Crippen LogP contribution >= 0.6 is 0 Å². The number of hydrogen-bond acceptors (Lipinski definition) is 7. The number of piperidine rings is 2. The Morgan fingerprint density at radius 2 is 1.88 bits per heavy atom. The van der Waals surface area contributed by atoms with Gasteiger partial charge in [0.25, 0.3) is 0 Å². The summed E-state index contributed by atoms with van der Waals surface area (Å²) in [4.78, 5) is 27.2. The van der Waals surface area contributed by atoms with Crippen LogP contribution < -0.4 is 0 Å². The molecular formula is C25H33NO6. The molecule has 0 aromatic rings. The van der Waals surface area contributed by atoms with Gasteiger partial charge in [-0.2, -0.15) is 0 Å². The lowest BCUT2D eigenvalue weighted by Gasteiger charge is -2.68. The molecule has 0 radical (unpaired) electrons. The average Bonchev–Trinajstić information content (AvgIpc) is 3.10. The third-order valence-electron chi connectivity index (χ3n) is 11.1. The smallest absolute Gasteiger partial charge is 0.303 e. The van der Waals surface area contributed by atoms with Crippen LogP contribution in [0.2, 0.25) is 0 Å². The number of rotatable bonds is 3. The number of aliphatic hydroxyl groups excluding tert-OH is 1. The first kappa shape index (κ1) is 20.0. The van der Waals surface area contributed by atoms with Crippen LogP contribution in [-0.4, -0.2) is 65.7 Å². The van der Waals surface area contributed by atoms with Gasteiger partial charge in [-0.05, 0) is 37.0 Å². The van der Waals surface area contributed by atoms with Crippen LogP contribution in [0.25, 0.3) is 0 Å². The second kappa shape index (κ2) is 5.44. The van der Waals surface area contributed by atoms with E-state index in [1.54, 1.807) is 7.11 Å². The molecule has 2 spiro atoms. The number of carbonyl (C=O) groups is 2. The van der Waals surface area contributed by atoms with E-state index in [0.717, 1.165) is 37.8 Å². The van der Waals surface area contributed by atoms with Gasteiger partial charge in [0.2, 0.25) is 0 Å². The molecular weight excluding hydrogens is 410 g/mol. The zero-order valence-corrected chi connectivity index (χ0v) is 19.3. The minimum absolute atomic E-state index is 0.0631. The van der Waals surface area contributed by atoms with Crippen LogP contribution in [0.1, 0.15) is 46.5 Å². The van der Waals surface area contributed by atoms with E-state index in [1.165, 1.54) is 13.8 Å². The summed E-state index contributed by atoms with van der Waals surface area (Å²) in [6.07, 6.45) is 2.12. The Kier molecular flexibility index (Phi) is 3.40. The van der Waals surface area contributed by atoms with Gasteiger partial charge in [-0.3, -0.25) is 14.5 Å². The number of esters is 2. The Labute approximate surface area is 188 Å². The lowest BCUT2D eigenvalue weighted by molar-refractivity contribution is -0.318. The number of methoxy groups -OCH3 is 1. The van der Waals surface area contributed by atoms with E-state index in [9.17, 15) is 14.7 Å². The highest BCUT2D eigenvalue weighted by Crippen LogP contribution is 2.90. The standard InChI is InChI=1S/C25H33NO6/c1-11-7-23-16-6-15(11)18(31-12(2)27)17(23)19-24(16)9-14(29)8-22(4)10-26(19)25(30-5,20(22)24)21(23)32-13(3)28/h14-21,29H,1,6-10H2,2-5H3/t14-,15-,16+,17?,18-,19?,20+,21-,22?,23+,24-,25+/m0/s1. The molecule has 9 rings (SSSR count). The zero-order chi connectivity index (χ0) is 22.6. The Balaban J connectivity index is 1.53. The second-order valence-corrected chi connectivity index (χ2v) is 12.2. The van der Waals surface area contributed by atoms with Crippen LogP contribution in [-0.2, 0) is 23.8 Å². The van der Waals surface area contributed by atoms with Gasteiger partial charge in [0.15, 0.2) is 11.8 Å². The molecule has 7 heteroatoms. The third kappa shape index (κ3) is 1.68. The monoisotopic (exact) mass is 443 g/mol. The summed E-state index contributed by atoms with van der Waals surface area (Å²) in [5.41, 5.74) is -0.172. The van der Waals surface area contributed by atoms with Crippen molar-refractivity contribution in [1.29, 1.82) is 0 Å². The Morgan fingerprint density at radius 1 is 1.16 bits per heavy atom. The fourth-order valence-corrected chi connectivity index (χ4v) is 11.5. The SMILES string of the molecule is C=C1C[C@]23C4C5N6CC7(C)C[C@H](O)C[C@@]5([C@@H]2C[C@@H]1[C@@H]4OC(C)=O)[C@@H]7[C@@]6(OC)[C@H]3OC(C)=O. The Morgan fingerprint density at radius 3 is 2.53 bits per heavy atom. The van der Waals surface area contributed by atoms with Crippen molar-refractivity contribution < 1.29 is 28.9 Å². The minimum atomic E-state index is -0.691. The first-order chi connectivity index (χ1) is 15.1. The molecule has 9 fully saturated rings. The second-order valence-electron chi connectivity index (χ2n) is 12.2. The largest absolute Gasteiger partial charge is 0.462 e. The molecule has 0 amide bonds. The van der Waals surface area contributed by atoms with Crippen molar-refractivity contribution in [3.05, 3.63) is 12.2 Å². The van der Waals surface area contributed by atoms with Gasteiger partial charge in [-0.15, -0.1) is 0 Å². The lowest BCUT2D eigenvalue weighted by atomic mass is 9.38. The maximum Gasteiger partial charge on any atom is 0.303 e. The maximum atomic E-state index is 12.5. The summed E-state index contributed by atoms with van der Waals surface area (Å²) < 4.78 is 18.8. The van der Waals surface area contributed by atoms with Crippen molar-refractivity contribution >= 4 is 11.9 Å². The van der Waals surface area contributed by atoms with Crippen LogP contribution in [0.15, 0.2) is 12.2 Å². The fourth-order valence-electron chi connectivity index (χ4n) is 11.5. The number of ether oxygens (including phenoxy) is 3. The van der Waals surface area contributed by atoms with E-state index in [4.69, 9.17) is 14.2 Å². The molecule has 3 saturated heterocycles. The van der Waals surface area contributed by atoms with Crippen molar-refractivity contribution in [2.45, 2.75) is 76.5 Å². The quantitative estimate of drug-likeness (QED) is 0.527. The highest BCUT2D eigenvalue weighted by atomic mass is 16.6. The normalized spacial score (nSPS) is 61.9. The van der Waals surface area contributed by atoms with Crippen molar-refractivity contribution in [3.63, 3.8) is 0 Å². The first-order valence-corrected chi connectivity index (χ1v) is 12.1.